The summed E-state index contributed by atoms with van der Waals surface area (Å²) in [5.41, 5.74) is 1.32. The van der Waals surface area contributed by atoms with Crippen LogP contribution in [0.3, 0.4) is 0 Å². The van der Waals surface area contributed by atoms with Crippen LogP contribution in [-0.4, -0.2) is 30.0 Å². The van der Waals surface area contributed by atoms with Crippen molar-refractivity contribution < 1.29 is 0 Å². The maximum absolute atomic E-state index is 4.35. The number of rotatable bonds is 3. The topological polar surface area (TPSA) is 28.2 Å². The fraction of sp³-hybridized carbons (Fsp3) is 0.615. The van der Waals surface area contributed by atoms with Gasteiger partial charge < -0.3 is 5.32 Å². The van der Waals surface area contributed by atoms with Crippen molar-refractivity contribution in [1.29, 1.82) is 0 Å². The average molecular weight is 219 g/mol. The molecular weight excluding hydrogens is 198 g/mol. The van der Waals surface area contributed by atoms with Crippen molar-refractivity contribution in [3.05, 3.63) is 23.9 Å². The third-order valence-corrected chi connectivity index (χ3v) is 3.19. The first-order valence-corrected chi connectivity index (χ1v) is 6.23. The summed E-state index contributed by atoms with van der Waals surface area (Å²) in [7, 11) is 1.90. The molecule has 16 heavy (non-hydrogen) atoms. The number of nitrogens with one attached hydrogen (secondary N) is 1. The molecule has 0 amide bonds. The van der Waals surface area contributed by atoms with Crippen molar-refractivity contribution in [2.45, 2.75) is 32.2 Å². The van der Waals surface area contributed by atoms with Crippen LogP contribution in [0, 0.1) is 0 Å². The van der Waals surface area contributed by atoms with E-state index in [-0.39, 0.29) is 0 Å². The summed E-state index contributed by atoms with van der Waals surface area (Å²) in [5.74, 6) is 0.944. The van der Waals surface area contributed by atoms with Crippen LogP contribution < -0.4 is 5.32 Å². The second-order valence-corrected chi connectivity index (χ2v) is 4.49. The minimum Gasteiger partial charge on any atom is -0.373 e. The van der Waals surface area contributed by atoms with Crippen LogP contribution >= 0.6 is 0 Å². The number of hydrogen-bond acceptors (Lipinski definition) is 3. The second kappa shape index (κ2) is 5.85. The van der Waals surface area contributed by atoms with E-state index in [1.165, 1.54) is 44.3 Å². The van der Waals surface area contributed by atoms with Crippen LogP contribution in [0.4, 0.5) is 5.82 Å². The van der Waals surface area contributed by atoms with Crippen molar-refractivity contribution >= 4 is 5.82 Å². The Morgan fingerprint density at radius 1 is 1.19 bits per heavy atom. The summed E-state index contributed by atoms with van der Waals surface area (Å²) >= 11 is 0. The number of anilines is 1. The minimum atomic E-state index is 0.944. The second-order valence-electron chi connectivity index (χ2n) is 4.49. The zero-order valence-electron chi connectivity index (χ0n) is 10.1. The maximum Gasteiger partial charge on any atom is 0.125 e. The van der Waals surface area contributed by atoms with Gasteiger partial charge in [0, 0.05) is 19.8 Å². The Kier molecular flexibility index (Phi) is 4.17. The quantitative estimate of drug-likeness (QED) is 0.846. The molecule has 1 aromatic rings. The van der Waals surface area contributed by atoms with Gasteiger partial charge in [-0.05, 0) is 37.6 Å². The average Bonchev–Trinajstić information content (AvgIpc) is 2.59. The van der Waals surface area contributed by atoms with E-state index in [9.17, 15) is 0 Å². The first kappa shape index (κ1) is 11.4. The lowest BCUT2D eigenvalue weighted by Crippen LogP contribution is -2.23. The van der Waals surface area contributed by atoms with Crippen LogP contribution in [0.25, 0.3) is 0 Å². The van der Waals surface area contributed by atoms with Crippen LogP contribution in [0.2, 0.25) is 0 Å². The van der Waals surface area contributed by atoms with E-state index in [0.29, 0.717) is 0 Å². The van der Waals surface area contributed by atoms with Crippen LogP contribution in [-0.2, 0) is 6.54 Å². The van der Waals surface area contributed by atoms with Crippen molar-refractivity contribution in [3.8, 4) is 0 Å². The van der Waals surface area contributed by atoms with Crippen LogP contribution in [0.5, 0.6) is 0 Å². The Hall–Kier alpha value is -1.09. The van der Waals surface area contributed by atoms with Crippen LogP contribution in [0.1, 0.15) is 31.2 Å². The molecule has 0 radical (unpaired) electrons. The first-order chi connectivity index (χ1) is 7.88. The standard InChI is InChI=1S/C13H21N3/c1-14-13-7-6-12(10-15-13)11-16-8-4-2-3-5-9-16/h6-7,10H,2-5,8-9,11H2,1H3,(H,14,15). The van der Waals surface area contributed by atoms with Gasteiger partial charge in [0.1, 0.15) is 5.82 Å². The van der Waals surface area contributed by atoms with Gasteiger partial charge in [0.25, 0.3) is 0 Å². The van der Waals surface area contributed by atoms with Gasteiger partial charge in [0.05, 0.1) is 0 Å². The molecule has 0 spiro atoms. The largest absolute Gasteiger partial charge is 0.373 e. The van der Waals surface area contributed by atoms with Gasteiger partial charge in [-0.2, -0.15) is 0 Å². The summed E-state index contributed by atoms with van der Waals surface area (Å²) in [6.45, 7) is 3.54. The van der Waals surface area contributed by atoms with Crippen molar-refractivity contribution in [3.63, 3.8) is 0 Å². The molecule has 1 aliphatic rings. The van der Waals surface area contributed by atoms with Crippen molar-refractivity contribution in [2.24, 2.45) is 0 Å². The molecular formula is C13H21N3. The molecule has 88 valence electrons. The summed E-state index contributed by atoms with van der Waals surface area (Å²) in [4.78, 5) is 6.89. The third-order valence-electron chi connectivity index (χ3n) is 3.19. The first-order valence-electron chi connectivity index (χ1n) is 6.23. The van der Waals surface area contributed by atoms with E-state index in [2.05, 4.69) is 21.3 Å². The molecule has 1 saturated heterocycles. The maximum atomic E-state index is 4.35. The molecule has 2 rings (SSSR count). The number of aromatic nitrogens is 1. The van der Waals surface area contributed by atoms with Gasteiger partial charge in [0.15, 0.2) is 0 Å². The van der Waals surface area contributed by atoms with Gasteiger partial charge >= 0.3 is 0 Å². The smallest absolute Gasteiger partial charge is 0.125 e. The van der Waals surface area contributed by atoms with Crippen molar-refractivity contribution in [2.75, 3.05) is 25.5 Å². The zero-order valence-corrected chi connectivity index (χ0v) is 10.1. The molecule has 0 aromatic carbocycles. The van der Waals surface area contributed by atoms with E-state index in [0.717, 1.165) is 12.4 Å². The Balaban J connectivity index is 1.91. The molecule has 3 heteroatoms. The molecule has 0 bridgehead atoms. The van der Waals surface area contributed by atoms with Gasteiger partial charge in [-0.1, -0.05) is 18.9 Å². The highest BCUT2D eigenvalue weighted by molar-refractivity contribution is 5.34. The normalized spacial score (nSPS) is 18.1. The van der Waals surface area contributed by atoms with Gasteiger partial charge in [-0.15, -0.1) is 0 Å². The van der Waals surface area contributed by atoms with Gasteiger partial charge in [-0.25, -0.2) is 4.98 Å². The molecule has 0 saturated carbocycles. The van der Waals surface area contributed by atoms with E-state index >= 15 is 0 Å². The summed E-state index contributed by atoms with van der Waals surface area (Å²) in [5, 5.41) is 3.04. The van der Waals surface area contributed by atoms with Gasteiger partial charge in [0.2, 0.25) is 0 Å². The molecule has 1 N–H and O–H groups in total. The van der Waals surface area contributed by atoms with Gasteiger partial charge in [-0.3, -0.25) is 4.90 Å². The minimum absolute atomic E-state index is 0.944. The Labute approximate surface area is 97.9 Å². The van der Waals surface area contributed by atoms with E-state index in [1.54, 1.807) is 0 Å². The molecule has 0 aliphatic carbocycles. The molecule has 0 atom stereocenters. The monoisotopic (exact) mass is 219 g/mol. The molecule has 3 nitrogen and oxygen atoms in total. The molecule has 1 aliphatic heterocycles. The summed E-state index contributed by atoms with van der Waals surface area (Å²) < 4.78 is 0. The Morgan fingerprint density at radius 3 is 2.50 bits per heavy atom. The number of pyridine rings is 1. The SMILES string of the molecule is CNc1ccc(CN2CCCCCC2)cn1. The lowest BCUT2D eigenvalue weighted by atomic mass is 10.2. The van der Waals surface area contributed by atoms with E-state index < -0.39 is 0 Å². The predicted molar refractivity (Wildman–Crippen MR) is 67.5 cm³/mol. The fourth-order valence-electron chi connectivity index (χ4n) is 2.22. The zero-order chi connectivity index (χ0) is 11.2. The lowest BCUT2D eigenvalue weighted by molar-refractivity contribution is 0.276. The molecule has 0 unspecified atom stereocenters. The van der Waals surface area contributed by atoms with Crippen molar-refractivity contribution in [1.82, 2.24) is 9.88 Å². The van der Waals surface area contributed by atoms with E-state index in [4.69, 9.17) is 0 Å². The lowest BCUT2D eigenvalue weighted by Gasteiger charge is -2.19. The Bertz CT molecular complexity index is 299. The fourth-order valence-corrected chi connectivity index (χ4v) is 2.22. The molecule has 2 heterocycles. The highest BCUT2D eigenvalue weighted by atomic mass is 15.1. The predicted octanol–water partition coefficient (Wildman–Crippen LogP) is 2.50. The van der Waals surface area contributed by atoms with E-state index in [1.807, 2.05) is 19.3 Å². The molecule has 1 aromatic heterocycles. The third kappa shape index (κ3) is 3.20. The Morgan fingerprint density at radius 2 is 1.94 bits per heavy atom. The highest BCUT2D eigenvalue weighted by Crippen LogP contribution is 2.13. The van der Waals surface area contributed by atoms with Crippen LogP contribution in [0.15, 0.2) is 18.3 Å². The highest BCUT2D eigenvalue weighted by Gasteiger charge is 2.09. The number of hydrogen-bond donors (Lipinski definition) is 1. The number of likely N-dealkylation sites (tertiary alicyclic amines) is 1. The number of nitrogens with zero attached hydrogens (tertiary/aromatic N) is 2. The molecule has 1 fully saturated rings. The summed E-state index contributed by atoms with van der Waals surface area (Å²) in [6.07, 6.45) is 7.47. The summed E-state index contributed by atoms with van der Waals surface area (Å²) in [6, 6.07) is 4.22.